The predicted molar refractivity (Wildman–Crippen MR) is 87.0 cm³/mol. The maximum absolute atomic E-state index is 12.4. The Morgan fingerprint density at radius 2 is 1.62 bits per heavy atom. The molecule has 1 aliphatic heterocycles. The molecule has 2 bridgehead atoms. The van der Waals surface area contributed by atoms with Crippen molar-refractivity contribution in [1.82, 2.24) is 5.06 Å². The van der Waals surface area contributed by atoms with Crippen molar-refractivity contribution >= 4 is 23.8 Å². The van der Waals surface area contributed by atoms with Crippen molar-refractivity contribution < 1.29 is 33.5 Å². The SMILES string of the molecule is CCCOCCOC(=O)CCC(=O)ON1C(=O)[C@@H]2[C@H](C1=O)[C@@H]1C=C[C@H]2C1. The minimum absolute atomic E-state index is 0.0510. The van der Waals surface area contributed by atoms with Gasteiger partial charge in [0.1, 0.15) is 6.61 Å². The fraction of sp³-hybridized carbons (Fsp3) is 0.667. The van der Waals surface area contributed by atoms with Crippen molar-refractivity contribution in [3.63, 3.8) is 0 Å². The first kappa shape index (κ1) is 18.6. The molecule has 3 aliphatic rings. The van der Waals surface area contributed by atoms with Crippen LogP contribution in [0.5, 0.6) is 0 Å². The second-order valence-electron chi connectivity index (χ2n) is 6.77. The van der Waals surface area contributed by atoms with E-state index in [1.165, 1.54) is 0 Å². The van der Waals surface area contributed by atoms with Gasteiger partial charge in [-0.1, -0.05) is 19.1 Å². The van der Waals surface area contributed by atoms with Gasteiger partial charge in [-0.15, -0.1) is 5.06 Å². The molecule has 1 heterocycles. The number of hydrogen-bond acceptors (Lipinski definition) is 7. The molecule has 2 amide bonds. The highest BCUT2D eigenvalue weighted by molar-refractivity contribution is 6.06. The molecule has 142 valence electrons. The molecule has 0 aromatic rings. The number of carbonyl (C=O) groups excluding carboxylic acids is 4. The summed E-state index contributed by atoms with van der Waals surface area (Å²) in [6.07, 6.45) is 5.18. The number of rotatable bonds is 9. The molecule has 2 fully saturated rings. The normalized spacial score (nSPS) is 28.6. The minimum Gasteiger partial charge on any atom is -0.463 e. The molecule has 0 spiro atoms. The molecule has 0 aromatic carbocycles. The van der Waals surface area contributed by atoms with Gasteiger partial charge in [0.05, 0.1) is 31.3 Å². The standard InChI is InChI=1S/C18H23NO7/c1-2-7-24-8-9-25-13(20)5-6-14(21)26-19-17(22)15-11-3-4-12(10-11)16(15)18(19)23/h3-4,11-12,15-16H,2,5-10H2,1H3/t11-,12+,15-,16+. The van der Waals surface area contributed by atoms with Crippen molar-refractivity contribution in [2.75, 3.05) is 19.8 Å². The maximum atomic E-state index is 12.4. The Morgan fingerprint density at radius 3 is 2.23 bits per heavy atom. The largest absolute Gasteiger partial charge is 0.463 e. The molecule has 0 unspecified atom stereocenters. The average molecular weight is 365 g/mol. The molecule has 8 nitrogen and oxygen atoms in total. The number of fused-ring (bicyclic) bond motifs is 5. The number of amides is 2. The second-order valence-corrected chi connectivity index (χ2v) is 6.77. The van der Waals surface area contributed by atoms with Crippen molar-refractivity contribution in [2.24, 2.45) is 23.7 Å². The quantitative estimate of drug-likeness (QED) is 0.260. The van der Waals surface area contributed by atoms with E-state index in [-0.39, 0.29) is 31.3 Å². The van der Waals surface area contributed by atoms with E-state index in [4.69, 9.17) is 14.3 Å². The van der Waals surface area contributed by atoms with Gasteiger partial charge in [-0.2, -0.15) is 0 Å². The van der Waals surface area contributed by atoms with Crippen LogP contribution in [0.15, 0.2) is 12.2 Å². The van der Waals surface area contributed by atoms with Crippen LogP contribution in [0.1, 0.15) is 32.6 Å². The molecule has 3 rings (SSSR count). The van der Waals surface area contributed by atoms with Gasteiger partial charge < -0.3 is 14.3 Å². The van der Waals surface area contributed by atoms with E-state index in [1.54, 1.807) is 0 Å². The van der Waals surface area contributed by atoms with E-state index >= 15 is 0 Å². The lowest BCUT2D eigenvalue weighted by Crippen LogP contribution is -2.35. The first-order valence-corrected chi connectivity index (χ1v) is 9.03. The topological polar surface area (TPSA) is 99.2 Å². The van der Waals surface area contributed by atoms with Gasteiger partial charge in [-0.3, -0.25) is 14.4 Å². The summed E-state index contributed by atoms with van der Waals surface area (Å²) in [6.45, 7) is 3.00. The van der Waals surface area contributed by atoms with Gasteiger partial charge in [-0.05, 0) is 24.7 Å². The Morgan fingerprint density at radius 1 is 1.00 bits per heavy atom. The molecule has 8 heteroatoms. The summed E-state index contributed by atoms with van der Waals surface area (Å²) in [7, 11) is 0. The number of allylic oxidation sites excluding steroid dienone is 2. The van der Waals surface area contributed by atoms with Crippen LogP contribution in [0.4, 0.5) is 0 Å². The highest BCUT2D eigenvalue weighted by Crippen LogP contribution is 2.52. The lowest BCUT2D eigenvalue weighted by Gasteiger charge is -2.15. The third kappa shape index (κ3) is 3.65. The van der Waals surface area contributed by atoms with Gasteiger partial charge in [0, 0.05) is 6.61 Å². The van der Waals surface area contributed by atoms with Crippen LogP contribution in [-0.4, -0.2) is 48.6 Å². The molecule has 2 aliphatic carbocycles. The molecule has 4 atom stereocenters. The van der Waals surface area contributed by atoms with Crippen molar-refractivity contribution in [3.05, 3.63) is 12.2 Å². The number of ether oxygens (including phenoxy) is 2. The Balaban J connectivity index is 1.40. The van der Waals surface area contributed by atoms with Crippen LogP contribution in [0.25, 0.3) is 0 Å². The number of nitrogens with zero attached hydrogens (tertiary/aromatic N) is 1. The zero-order valence-electron chi connectivity index (χ0n) is 14.7. The Kier molecular flexibility index (Phi) is 5.70. The van der Waals surface area contributed by atoms with Crippen LogP contribution < -0.4 is 0 Å². The van der Waals surface area contributed by atoms with Gasteiger partial charge >= 0.3 is 11.9 Å². The van der Waals surface area contributed by atoms with E-state index < -0.39 is 35.6 Å². The summed E-state index contributed by atoms with van der Waals surface area (Å²) in [6, 6.07) is 0. The molecule has 0 N–H and O–H groups in total. The van der Waals surface area contributed by atoms with E-state index in [1.807, 2.05) is 19.1 Å². The number of hydroxylamine groups is 2. The van der Waals surface area contributed by atoms with Gasteiger partial charge in [-0.25, -0.2) is 4.79 Å². The van der Waals surface area contributed by atoms with Crippen molar-refractivity contribution in [3.8, 4) is 0 Å². The summed E-state index contributed by atoms with van der Waals surface area (Å²) in [5, 5.41) is 0.591. The van der Waals surface area contributed by atoms with Gasteiger partial charge in [0.15, 0.2) is 0 Å². The first-order valence-electron chi connectivity index (χ1n) is 9.03. The van der Waals surface area contributed by atoms with Gasteiger partial charge in [0.25, 0.3) is 11.8 Å². The summed E-state index contributed by atoms with van der Waals surface area (Å²) in [5.41, 5.74) is 0. The smallest absolute Gasteiger partial charge is 0.333 e. The highest BCUT2D eigenvalue weighted by Gasteiger charge is 2.60. The first-order chi connectivity index (χ1) is 12.5. The molecular formula is C18H23NO7. The minimum atomic E-state index is -0.800. The summed E-state index contributed by atoms with van der Waals surface area (Å²) in [4.78, 5) is 53.1. The average Bonchev–Trinajstić information content (AvgIpc) is 3.30. The van der Waals surface area contributed by atoms with Crippen LogP contribution in [-0.2, 0) is 33.5 Å². The zero-order valence-corrected chi connectivity index (χ0v) is 14.7. The second kappa shape index (κ2) is 7.99. The summed E-state index contributed by atoms with van der Waals surface area (Å²) >= 11 is 0. The molecule has 0 aromatic heterocycles. The van der Waals surface area contributed by atoms with E-state index in [2.05, 4.69) is 0 Å². The van der Waals surface area contributed by atoms with E-state index in [9.17, 15) is 19.2 Å². The monoisotopic (exact) mass is 365 g/mol. The van der Waals surface area contributed by atoms with Gasteiger partial charge in [0.2, 0.25) is 0 Å². The lowest BCUT2D eigenvalue weighted by molar-refractivity contribution is -0.199. The fourth-order valence-corrected chi connectivity index (χ4v) is 3.85. The number of imide groups is 1. The maximum Gasteiger partial charge on any atom is 0.333 e. The molecule has 26 heavy (non-hydrogen) atoms. The van der Waals surface area contributed by atoms with E-state index in [0.29, 0.717) is 18.3 Å². The van der Waals surface area contributed by atoms with Crippen molar-refractivity contribution in [2.45, 2.75) is 32.6 Å². The molecule has 1 saturated heterocycles. The summed E-state index contributed by atoms with van der Waals surface area (Å²) in [5.74, 6) is -3.00. The number of hydrogen-bond donors (Lipinski definition) is 0. The molecule has 1 saturated carbocycles. The highest BCUT2D eigenvalue weighted by atomic mass is 16.7. The zero-order chi connectivity index (χ0) is 18.7. The molecular weight excluding hydrogens is 342 g/mol. The Bertz CT molecular complexity index is 599. The Labute approximate surface area is 151 Å². The lowest BCUT2D eigenvalue weighted by atomic mass is 9.85. The third-order valence-electron chi connectivity index (χ3n) is 5.00. The van der Waals surface area contributed by atoms with Crippen LogP contribution in [0, 0.1) is 23.7 Å². The van der Waals surface area contributed by atoms with Crippen LogP contribution >= 0.6 is 0 Å². The van der Waals surface area contributed by atoms with Crippen LogP contribution in [0.2, 0.25) is 0 Å². The van der Waals surface area contributed by atoms with Crippen molar-refractivity contribution in [1.29, 1.82) is 0 Å². The third-order valence-corrected chi connectivity index (χ3v) is 5.00. The Hall–Kier alpha value is -2.22. The summed E-state index contributed by atoms with van der Waals surface area (Å²) < 4.78 is 10.1. The predicted octanol–water partition coefficient (Wildman–Crippen LogP) is 1.00. The number of carbonyl (C=O) groups is 4. The fourth-order valence-electron chi connectivity index (χ4n) is 3.85. The van der Waals surface area contributed by atoms with Crippen LogP contribution in [0.3, 0.4) is 0 Å². The number of esters is 1. The molecule has 0 radical (unpaired) electrons. The van der Waals surface area contributed by atoms with E-state index in [0.717, 1.165) is 12.8 Å².